The van der Waals surface area contributed by atoms with Gasteiger partial charge in [0.1, 0.15) is 0 Å². The fourth-order valence-corrected chi connectivity index (χ4v) is 2.54. The lowest BCUT2D eigenvalue weighted by atomic mass is 10.2. The third-order valence-corrected chi connectivity index (χ3v) is 3.45. The number of amides is 1. The number of halogens is 4. The number of rotatable bonds is 2. The van der Waals surface area contributed by atoms with E-state index >= 15 is 0 Å². The van der Waals surface area contributed by atoms with E-state index in [1.54, 1.807) is 13.1 Å². The van der Waals surface area contributed by atoms with E-state index in [1.165, 1.54) is 16.7 Å². The van der Waals surface area contributed by atoms with Crippen LogP contribution in [0.5, 0.6) is 0 Å². The monoisotopic (exact) mass is 318 g/mol. The van der Waals surface area contributed by atoms with Gasteiger partial charge in [0.25, 0.3) is 5.91 Å². The number of carbonyl (C=O) groups excluding carboxylic acids is 1. The van der Waals surface area contributed by atoms with Crippen molar-refractivity contribution in [3.63, 3.8) is 0 Å². The second kappa shape index (κ2) is 5.80. The predicted molar refractivity (Wildman–Crippen MR) is 69.9 cm³/mol. The Hall–Kier alpha value is -1.96. The van der Waals surface area contributed by atoms with E-state index in [0.717, 1.165) is 28.3 Å². The molecular weight excluding hydrogens is 308 g/mol. The molecule has 1 heterocycles. The summed E-state index contributed by atoms with van der Waals surface area (Å²) < 4.78 is 51.7. The molecule has 0 N–H and O–H groups in total. The molecule has 2 rings (SSSR count). The molecule has 2 aromatic rings. The smallest absolute Gasteiger partial charge is 0.292 e. The number of alkyl halides is 4. The number of hydrogen-bond donors (Lipinski definition) is 0. The molecule has 0 atom stereocenters. The van der Waals surface area contributed by atoms with Crippen LogP contribution in [-0.2, 0) is 11.0 Å². The van der Waals surface area contributed by atoms with Crippen molar-refractivity contribution < 1.29 is 22.4 Å². The summed E-state index contributed by atoms with van der Waals surface area (Å²) in [5, 5.41) is 0. The summed E-state index contributed by atoms with van der Waals surface area (Å²) in [5.74, 6) is -0.974. The zero-order valence-electron chi connectivity index (χ0n) is 10.8. The summed E-state index contributed by atoms with van der Waals surface area (Å²) in [5.41, 5.74) is -0.598. The molecule has 1 aromatic heterocycles. The molecule has 0 aliphatic heterocycles. The molecular formula is C13H10F4N2OS. The van der Waals surface area contributed by atoms with Crippen molar-refractivity contribution in [1.82, 2.24) is 4.57 Å². The number of carbonyl (C=O) groups is 1. The fraction of sp³-hybridized carbons (Fsp3) is 0.231. The zero-order chi connectivity index (χ0) is 15.6. The van der Waals surface area contributed by atoms with Gasteiger partial charge < -0.3 is 0 Å². The number of benzene rings is 1. The van der Waals surface area contributed by atoms with Gasteiger partial charge >= 0.3 is 6.18 Å². The Kier molecular flexibility index (Phi) is 4.26. The molecule has 112 valence electrons. The van der Waals surface area contributed by atoms with Crippen molar-refractivity contribution in [3.05, 3.63) is 45.7 Å². The van der Waals surface area contributed by atoms with Crippen LogP contribution in [0.3, 0.4) is 0 Å². The molecule has 1 aromatic carbocycles. The minimum Gasteiger partial charge on any atom is -0.292 e. The molecule has 0 fully saturated rings. The van der Waals surface area contributed by atoms with E-state index < -0.39 is 24.3 Å². The molecule has 0 saturated carbocycles. The molecule has 1 amide bonds. The summed E-state index contributed by atoms with van der Waals surface area (Å²) >= 11 is 1.09. The predicted octanol–water partition coefficient (Wildman–Crippen LogP) is 3.26. The maximum Gasteiger partial charge on any atom is 0.416 e. The van der Waals surface area contributed by atoms with Crippen LogP contribution in [0.25, 0.3) is 5.69 Å². The number of nitrogens with zero attached hydrogens (tertiary/aromatic N) is 2. The molecule has 21 heavy (non-hydrogen) atoms. The van der Waals surface area contributed by atoms with Gasteiger partial charge in [-0.1, -0.05) is 6.07 Å². The average Bonchev–Trinajstić information content (AvgIpc) is 2.78. The molecule has 0 spiro atoms. The molecule has 0 radical (unpaired) electrons. The Morgan fingerprint density at radius 1 is 1.38 bits per heavy atom. The lowest BCUT2D eigenvalue weighted by molar-refractivity contribution is -0.137. The number of hydrogen-bond acceptors (Lipinski definition) is 2. The maximum atomic E-state index is 12.7. The Bertz CT molecular complexity index is 730. The van der Waals surface area contributed by atoms with E-state index in [0.29, 0.717) is 0 Å². The standard InChI is InChI=1S/C13H10F4N2OS/c1-8-7-19(12(21-8)18-11(20)6-14)10-4-2-3-9(5-10)13(15,16)17/h2-5,7H,6H2,1H3. The van der Waals surface area contributed by atoms with Crippen LogP contribution in [0.1, 0.15) is 10.4 Å². The first kappa shape index (κ1) is 15.4. The Labute approximate surface area is 121 Å². The molecule has 0 unspecified atom stereocenters. The Morgan fingerprint density at radius 2 is 2.10 bits per heavy atom. The summed E-state index contributed by atoms with van der Waals surface area (Å²) in [7, 11) is 0. The highest BCUT2D eigenvalue weighted by Gasteiger charge is 2.30. The lowest BCUT2D eigenvalue weighted by Gasteiger charge is -2.09. The van der Waals surface area contributed by atoms with E-state index in [-0.39, 0.29) is 10.5 Å². The lowest BCUT2D eigenvalue weighted by Crippen LogP contribution is -2.16. The van der Waals surface area contributed by atoms with Gasteiger partial charge in [-0.25, -0.2) is 4.39 Å². The molecule has 0 aliphatic rings. The second-order valence-electron chi connectivity index (χ2n) is 4.18. The third-order valence-electron chi connectivity index (χ3n) is 2.56. The van der Waals surface area contributed by atoms with Gasteiger partial charge in [-0.05, 0) is 25.1 Å². The Morgan fingerprint density at radius 3 is 2.71 bits per heavy atom. The van der Waals surface area contributed by atoms with Gasteiger partial charge in [0, 0.05) is 16.8 Å². The third kappa shape index (κ3) is 3.57. The first-order valence-corrected chi connectivity index (χ1v) is 6.63. The summed E-state index contributed by atoms with van der Waals surface area (Å²) in [6, 6.07) is 4.62. The Balaban J connectivity index is 2.58. The van der Waals surface area contributed by atoms with Crippen molar-refractivity contribution in [2.45, 2.75) is 13.1 Å². The highest BCUT2D eigenvalue weighted by Crippen LogP contribution is 2.30. The summed E-state index contributed by atoms with van der Waals surface area (Å²) in [6.07, 6.45) is -2.92. The molecule has 3 nitrogen and oxygen atoms in total. The largest absolute Gasteiger partial charge is 0.416 e. The topological polar surface area (TPSA) is 34.4 Å². The zero-order valence-corrected chi connectivity index (χ0v) is 11.6. The molecule has 0 aliphatic carbocycles. The van der Waals surface area contributed by atoms with E-state index in [1.807, 2.05) is 0 Å². The first-order valence-electron chi connectivity index (χ1n) is 5.81. The highest BCUT2D eigenvalue weighted by molar-refractivity contribution is 7.09. The van der Waals surface area contributed by atoms with Gasteiger partial charge in [-0.15, -0.1) is 11.3 Å². The van der Waals surface area contributed by atoms with Gasteiger partial charge in [0.2, 0.25) is 0 Å². The van der Waals surface area contributed by atoms with Gasteiger partial charge in [-0.3, -0.25) is 9.36 Å². The van der Waals surface area contributed by atoms with Crippen LogP contribution in [0.4, 0.5) is 17.6 Å². The maximum absolute atomic E-state index is 12.7. The molecule has 8 heteroatoms. The van der Waals surface area contributed by atoms with Crippen LogP contribution in [0, 0.1) is 6.92 Å². The quantitative estimate of drug-likeness (QED) is 0.783. The number of aromatic nitrogens is 1. The SMILES string of the molecule is Cc1cn(-c2cccc(C(F)(F)F)c2)c(=NC(=O)CF)s1. The first-order chi connectivity index (χ1) is 9.81. The van der Waals surface area contributed by atoms with Gasteiger partial charge in [0.05, 0.1) is 5.56 Å². The second-order valence-corrected chi connectivity index (χ2v) is 5.39. The van der Waals surface area contributed by atoms with Crippen molar-refractivity contribution in [2.24, 2.45) is 4.99 Å². The van der Waals surface area contributed by atoms with Crippen molar-refractivity contribution >= 4 is 17.2 Å². The van der Waals surface area contributed by atoms with Crippen LogP contribution in [0.2, 0.25) is 0 Å². The average molecular weight is 318 g/mol. The van der Waals surface area contributed by atoms with Crippen molar-refractivity contribution in [3.8, 4) is 5.69 Å². The number of thiazole rings is 1. The van der Waals surface area contributed by atoms with Crippen molar-refractivity contribution in [1.29, 1.82) is 0 Å². The summed E-state index contributed by atoms with van der Waals surface area (Å²) in [6.45, 7) is 0.466. The van der Waals surface area contributed by atoms with E-state index in [2.05, 4.69) is 4.99 Å². The normalized spacial score (nSPS) is 12.7. The molecule has 0 bridgehead atoms. The minimum absolute atomic E-state index is 0.134. The molecule has 0 saturated heterocycles. The minimum atomic E-state index is -4.46. The van der Waals surface area contributed by atoms with Crippen LogP contribution in [-0.4, -0.2) is 17.1 Å². The highest BCUT2D eigenvalue weighted by atomic mass is 32.1. The number of aryl methyl sites for hydroxylation is 1. The van der Waals surface area contributed by atoms with Crippen LogP contribution in [0.15, 0.2) is 35.5 Å². The fourth-order valence-electron chi connectivity index (χ4n) is 1.69. The van der Waals surface area contributed by atoms with Crippen molar-refractivity contribution in [2.75, 3.05) is 6.67 Å². The van der Waals surface area contributed by atoms with Crippen LogP contribution >= 0.6 is 11.3 Å². The van der Waals surface area contributed by atoms with E-state index in [9.17, 15) is 22.4 Å². The van der Waals surface area contributed by atoms with Gasteiger partial charge in [-0.2, -0.15) is 18.2 Å². The van der Waals surface area contributed by atoms with Crippen LogP contribution < -0.4 is 4.80 Å². The van der Waals surface area contributed by atoms with Gasteiger partial charge in [0.15, 0.2) is 11.5 Å². The summed E-state index contributed by atoms with van der Waals surface area (Å²) in [4.78, 5) is 15.5. The van der Waals surface area contributed by atoms with E-state index in [4.69, 9.17) is 0 Å².